The summed E-state index contributed by atoms with van der Waals surface area (Å²) >= 11 is 1.16. The molecule has 2 heterocycles. The van der Waals surface area contributed by atoms with E-state index in [1.54, 1.807) is 26.8 Å². The van der Waals surface area contributed by atoms with Gasteiger partial charge in [-0.25, -0.2) is 18.0 Å². The van der Waals surface area contributed by atoms with E-state index in [9.17, 15) is 18.0 Å². The monoisotopic (exact) mass is 395 g/mol. The number of aromatic nitrogens is 2. The first-order chi connectivity index (χ1) is 12.2. The Balaban J connectivity index is 2.09. The largest absolute Gasteiger partial charge is 0.462 e. The number of H-pyrrole nitrogens is 2. The van der Waals surface area contributed by atoms with Gasteiger partial charge in [-0.05, 0) is 38.5 Å². The van der Waals surface area contributed by atoms with Gasteiger partial charge in [-0.3, -0.25) is 4.72 Å². The molecule has 0 spiro atoms. The van der Waals surface area contributed by atoms with Crippen molar-refractivity contribution in [2.75, 3.05) is 11.3 Å². The molecule has 0 radical (unpaired) electrons. The zero-order valence-electron chi connectivity index (χ0n) is 14.3. The highest BCUT2D eigenvalue weighted by atomic mass is 32.2. The first-order valence-electron chi connectivity index (χ1n) is 7.75. The van der Waals surface area contributed by atoms with Crippen molar-refractivity contribution in [3.63, 3.8) is 0 Å². The molecule has 0 atom stereocenters. The molecule has 0 unspecified atom stereocenters. The van der Waals surface area contributed by atoms with Crippen molar-refractivity contribution in [3.05, 3.63) is 44.7 Å². The Hall–Kier alpha value is -2.59. The van der Waals surface area contributed by atoms with Crippen LogP contribution in [0.5, 0.6) is 0 Å². The van der Waals surface area contributed by atoms with Crippen molar-refractivity contribution >= 4 is 43.4 Å². The smallest absolute Gasteiger partial charge is 0.341 e. The van der Waals surface area contributed by atoms with Crippen LogP contribution >= 0.6 is 11.3 Å². The third-order valence-corrected chi connectivity index (χ3v) is 6.54. The van der Waals surface area contributed by atoms with E-state index >= 15 is 0 Å². The number of benzene rings is 1. The predicted octanol–water partition coefficient (Wildman–Crippen LogP) is 2.51. The summed E-state index contributed by atoms with van der Waals surface area (Å²) in [7, 11) is -4.04. The maximum atomic E-state index is 12.9. The molecule has 3 rings (SSSR count). The Bertz CT molecular complexity index is 1150. The summed E-state index contributed by atoms with van der Waals surface area (Å²) in [5.41, 5.74) is 0.916. The van der Waals surface area contributed by atoms with Crippen LogP contribution in [0, 0.1) is 13.8 Å². The molecule has 0 saturated carbocycles. The van der Waals surface area contributed by atoms with Crippen LogP contribution in [0.4, 0.5) is 5.00 Å². The zero-order chi connectivity index (χ0) is 19.1. The molecular weight excluding hydrogens is 378 g/mol. The maximum Gasteiger partial charge on any atom is 0.341 e. The summed E-state index contributed by atoms with van der Waals surface area (Å²) in [5.74, 6) is -0.583. The van der Waals surface area contributed by atoms with Gasteiger partial charge < -0.3 is 14.7 Å². The predicted molar refractivity (Wildman–Crippen MR) is 99.5 cm³/mol. The van der Waals surface area contributed by atoms with Gasteiger partial charge in [0.15, 0.2) is 0 Å². The van der Waals surface area contributed by atoms with E-state index in [1.165, 1.54) is 12.1 Å². The van der Waals surface area contributed by atoms with Crippen LogP contribution in [-0.4, -0.2) is 31.0 Å². The van der Waals surface area contributed by atoms with Gasteiger partial charge in [-0.2, -0.15) is 0 Å². The second-order valence-corrected chi connectivity index (χ2v) is 8.45. The van der Waals surface area contributed by atoms with Crippen LogP contribution in [0.2, 0.25) is 0 Å². The van der Waals surface area contributed by atoms with Crippen molar-refractivity contribution in [1.82, 2.24) is 9.97 Å². The average molecular weight is 395 g/mol. The number of fused-ring (bicyclic) bond motifs is 1. The van der Waals surface area contributed by atoms with Gasteiger partial charge in [-0.15, -0.1) is 11.3 Å². The molecule has 0 amide bonds. The number of imidazole rings is 1. The molecule has 3 N–H and O–H groups in total. The highest BCUT2D eigenvalue weighted by Gasteiger charge is 2.26. The molecule has 8 nitrogen and oxygen atoms in total. The average Bonchev–Trinajstić information content (AvgIpc) is 3.06. The number of para-hydroxylation sites is 1. The van der Waals surface area contributed by atoms with Crippen molar-refractivity contribution < 1.29 is 17.9 Å². The van der Waals surface area contributed by atoms with Gasteiger partial charge in [0.25, 0.3) is 10.0 Å². The minimum absolute atomic E-state index is 0.0909. The summed E-state index contributed by atoms with van der Waals surface area (Å²) in [5, 5.41) is 0.188. The number of nitrogens with one attached hydrogen (secondary N) is 3. The normalized spacial score (nSPS) is 11.7. The number of aryl methyl sites for hydroxylation is 1. The van der Waals surface area contributed by atoms with Gasteiger partial charge >= 0.3 is 11.7 Å². The lowest BCUT2D eigenvalue weighted by Crippen LogP contribution is -2.16. The molecule has 0 saturated heterocycles. The van der Waals surface area contributed by atoms with E-state index in [0.717, 1.165) is 16.2 Å². The summed E-state index contributed by atoms with van der Waals surface area (Å²) < 4.78 is 33.3. The second kappa shape index (κ2) is 6.61. The Labute approximate surface area is 153 Å². The van der Waals surface area contributed by atoms with Crippen molar-refractivity contribution in [2.45, 2.75) is 25.7 Å². The van der Waals surface area contributed by atoms with Crippen LogP contribution in [0.25, 0.3) is 11.0 Å². The number of carbonyl (C=O) groups excluding carboxylic acids is 1. The number of hydrogen-bond acceptors (Lipinski definition) is 6. The fourth-order valence-corrected chi connectivity index (χ4v) is 5.12. The molecule has 1 aromatic carbocycles. The number of thiophene rings is 1. The molecule has 0 bridgehead atoms. The minimum Gasteiger partial charge on any atom is -0.462 e. The third-order valence-electron chi connectivity index (χ3n) is 3.89. The second-order valence-electron chi connectivity index (χ2n) is 5.57. The van der Waals surface area contributed by atoms with Gasteiger partial charge in [0.1, 0.15) is 9.90 Å². The lowest BCUT2D eigenvalue weighted by Gasteiger charge is -2.09. The summed E-state index contributed by atoms with van der Waals surface area (Å²) in [4.78, 5) is 29.4. The van der Waals surface area contributed by atoms with Crippen LogP contribution in [0.15, 0.2) is 27.9 Å². The topological polar surface area (TPSA) is 121 Å². The van der Waals surface area contributed by atoms with Crippen molar-refractivity contribution in [3.8, 4) is 0 Å². The van der Waals surface area contributed by atoms with E-state index in [2.05, 4.69) is 14.7 Å². The number of esters is 1. The number of carbonyl (C=O) groups is 1. The van der Waals surface area contributed by atoms with Crippen LogP contribution in [-0.2, 0) is 14.8 Å². The lowest BCUT2D eigenvalue weighted by atomic mass is 10.2. The first kappa shape index (κ1) is 18.2. The molecule has 26 heavy (non-hydrogen) atoms. The quantitative estimate of drug-likeness (QED) is 0.573. The van der Waals surface area contributed by atoms with E-state index in [0.29, 0.717) is 11.1 Å². The van der Waals surface area contributed by atoms with E-state index < -0.39 is 21.7 Å². The molecule has 138 valence electrons. The first-order valence-corrected chi connectivity index (χ1v) is 10.1. The van der Waals surface area contributed by atoms with Gasteiger partial charge in [-0.1, -0.05) is 6.07 Å². The molecular formula is C16H17N3O5S2. The molecule has 0 fully saturated rings. The van der Waals surface area contributed by atoms with E-state index in [1.807, 2.05) is 0 Å². The fraction of sp³-hybridized carbons (Fsp3) is 0.250. The van der Waals surface area contributed by atoms with Gasteiger partial charge in [0.05, 0.1) is 23.2 Å². The molecule has 10 heteroatoms. The SMILES string of the molecule is CCOC(=O)c1c(NS(=O)(=O)c2cccc3[nH]c(=O)[nH]c23)sc(C)c1C. The van der Waals surface area contributed by atoms with Crippen LogP contribution in [0.3, 0.4) is 0 Å². The summed E-state index contributed by atoms with van der Waals surface area (Å²) in [6.07, 6.45) is 0. The lowest BCUT2D eigenvalue weighted by molar-refractivity contribution is 0.0527. The number of sulfonamides is 1. The van der Waals surface area contributed by atoms with Gasteiger partial charge in [0.2, 0.25) is 0 Å². The number of rotatable bonds is 5. The number of ether oxygens (including phenoxy) is 1. The highest BCUT2D eigenvalue weighted by molar-refractivity contribution is 7.93. The van der Waals surface area contributed by atoms with E-state index in [4.69, 9.17) is 4.74 Å². The van der Waals surface area contributed by atoms with Gasteiger partial charge in [0, 0.05) is 4.88 Å². The number of aromatic amines is 2. The van der Waals surface area contributed by atoms with E-state index in [-0.39, 0.29) is 27.6 Å². The zero-order valence-corrected chi connectivity index (χ0v) is 15.9. The molecule has 0 aliphatic heterocycles. The summed E-state index contributed by atoms with van der Waals surface area (Å²) in [6, 6.07) is 4.50. The molecule has 2 aromatic heterocycles. The van der Waals surface area contributed by atoms with Crippen LogP contribution in [0.1, 0.15) is 27.7 Å². The Morgan fingerprint density at radius 2 is 2.00 bits per heavy atom. The fourth-order valence-electron chi connectivity index (χ4n) is 2.58. The van der Waals surface area contributed by atoms with Crippen molar-refractivity contribution in [1.29, 1.82) is 0 Å². The number of anilines is 1. The van der Waals surface area contributed by atoms with Crippen LogP contribution < -0.4 is 10.4 Å². The Morgan fingerprint density at radius 1 is 1.27 bits per heavy atom. The Kier molecular flexibility index (Phi) is 4.63. The highest BCUT2D eigenvalue weighted by Crippen LogP contribution is 2.35. The maximum absolute atomic E-state index is 12.9. The molecule has 3 aromatic rings. The van der Waals surface area contributed by atoms with Crippen molar-refractivity contribution in [2.24, 2.45) is 0 Å². The standard InChI is InChI=1S/C16H17N3O5S2/c1-4-24-15(20)12-8(2)9(3)25-14(12)19-26(22,23)11-7-5-6-10-13(11)18-16(21)17-10/h5-7,19H,4H2,1-3H3,(H2,17,18,21). The number of hydrogen-bond donors (Lipinski definition) is 3. The Morgan fingerprint density at radius 3 is 2.69 bits per heavy atom. The summed E-state index contributed by atoms with van der Waals surface area (Å²) in [6.45, 7) is 5.40. The molecule has 0 aliphatic carbocycles. The third kappa shape index (κ3) is 3.13. The molecule has 0 aliphatic rings. The minimum atomic E-state index is -4.04.